The van der Waals surface area contributed by atoms with Gasteiger partial charge in [-0.3, -0.25) is 0 Å². The molecule has 0 amide bonds. The molecule has 1 atom stereocenters. The third-order valence-corrected chi connectivity index (χ3v) is 3.74. The number of hydrogen-bond donors (Lipinski definition) is 1. The van der Waals surface area contributed by atoms with Crippen LogP contribution in [0.15, 0.2) is 18.2 Å². The molecule has 0 spiro atoms. The number of rotatable bonds is 2. The molecule has 0 aliphatic carbocycles. The van der Waals surface area contributed by atoms with E-state index < -0.39 is 24.0 Å². The summed E-state index contributed by atoms with van der Waals surface area (Å²) < 4.78 is 51.8. The lowest BCUT2D eigenvalue weighted by atomic mass is 9.95. The van der Waals surface area contributed by atoms with Gasteiger partial charge in [0.25, 0.3) is 0 Å². The second-order valence-corrected chi connectivity index (χ2v) is 5.16. The van der Waals surface area contributed by atoms with Crippen molar-refractivity contribution in [1.29, 1.82) is 0 Å². The zero-order chi connectivity index (χ0) is 14.9. The minimum absolute atomic E-state index is 0.0446. The van der Waals surface area contributed by atoms with Gasteiger partial charge in [-0.1, -0.05) is 12.1 Å². The van der Waals surface area contributed by atoms with Crippen molar-refractivity contribution in [3.8, 4) is 0 Å². The quantitative estimate of drug-likeness (QED) is 0.841. The summed E-state index contributed by atoms with van der Waals surface area (Å²) in [5.41, 5.74) is 0.638. The molecule has 0 bridgehead atoms. The van der Waals surface area contributed by atoms with Gasteiger partial charge < -0.3 is 10.0 Å². The van der Waals surface area contributed by atoms with Gasteiger partial charge in [-0.25, -0.2) is 4.39 Å². The van der Waals surface area contributed by atoms with Crippen LogP contribution in [0.1, 0.15) is 31.4 Å². The fourth-order valence-electron chi connectivity index (χ4n) is 2.63. The zero-order valence-electron chi connectivity index (χ0n) is 11.1. The van der Waals surface area contributed by atoms with Crippen LogP contribution < -0.4 is 4.90 Å². The highest BCUT2D eigenvalue weighted by Gasteiger charge is 2.41. The van der Waals surface area contributed by atoms with Gasteiger partial charge >= 0.3 is 6.18 Å². The van der Waals surface area contributed by atoms with Crippen LogP contribution in [-0.4, -0.2) is 24.4 Å². The topological polar surface area (TPSA) is 23.5 Å². The summed E-state index contributed by atoms with van der Waals surface area (Å²) in [6.45, 7) is 1.80. The Labute approximate surface area is 115 Å². The van der Waals surface area contributed by atoms with Gasteiger partial charge in [0.1, 0.15) is 5.82 Å². The monoisotopic (exact) mass is 291 g/mol. The predicted molar refractivity (Wildman–Crippen MR) is 68.0 cm³/mol. The van der Waals surface area contributed by atoms with E-state index in [1.165, 1.54) is 19.1 Å². The lowest BCUT2D eigenvalue weighted by Gasteiger charge is -2.35. The van der Waals surface area contributed by atoms with Crippen molar-refractivity contribution in [3.05, 3.63) is 29.6 Å². The van der Waals surface area contributed by atoms with E-state index in [2.05, 4.69) is 0 Å². The van der Waals surface area contributed by atoms with E-state index in [4.69, 9.17) is 0 Å². The second kappa shape index (κ2) is 5.60. The van der Waals surface area contributed by atoms with Crippen molar-refractivity contribution in [3.63, 3.8) is 0 Å². The second-order valence-electron chi connectivity index (χ2n) is 5.16. The first-order valence-electron chi connectivity index (χ1n) is 6.59. The van der Waals surface area contributed by atoms with Crippen LogP contribution in [0.2, 0.25) is 0 Å². The van der Waals surface area contributed by atoms with Gasteiger partial charge in [-0.15, -0.1) is 0 Å². The summed E-state index contributed by atoms with van der Waals surface area (Å²) in [6, 6.07) is 4.35. The molecular formula is C14H17F4NO. The van der Waals surface area contributed by atoms with Crippen molar-refractivity contribution >= 4 is 5.69 Å². The van der Waals surface area contributed by atoms with Crippen LogP contribution in [0, 0.1) is 11.7 Å². The molecule has 1 fully saturated rings. The highest BCUT2D eigenvalue weighted by Crippen LogP contribution is 2.37. The maximum atomic E-state index is 14.0. The molecule has 1 heterocycles. The van der Waals surface area contributed by atoms with Crippen LogP contribution in [0.5, 0.6) is 0 Å². The summed E-state index contributed by atoms with van der Waals surface area (Å²) in [5, 5.41) is 9.67. The standard InChI is InChI=1S/C14H17F4NO/c1-9(20)11-3-2-4-12(15)13(11)19-7-5-10(6-8-19)14(16,17)18/h2-4,9-10,20H,5-8H2,1H3/t9-/m0/s1. The van der Waals surface area contributed by atoms with Crippen LogP contribution in [0.25, 0.3) is 0 Å². The minimum Gasteiger partial charge on any atom is -0.389 e. The number of para-hydroxylation sites is 1. The maximum Gasteiger partial charge on any atom is 0.391 e. The first-order chi connectivity index (χ1) is 9.30. The highest BCUT2D eigenvalue weighted by molar-refractivity contribution is 5.56. The van der Waals surface area contributed by atoms with Crippen molar-refractivity contribution in [2.24, 2.45) is 5.92 Å². The zero-order valence-corrected chi connectivity index (χ0v) is 11.1. The fraction of sp³-hybridized carbons (Fsp3) is 0.571. The SMILES string of the molecule is C[C@H](O)c1cccc(F)c1N1CCC(C(F)(F)F)CC1. The molecule has 1 aliphatic rings. The molecule has 1 N–H and O–H groups in total. The average Bonchev–Trinajstić information content (AvgIpc) is 2.37. The molecule has 1 aliphatic heterocycles. The number of hydrogen-bond acceptors (Lipinski definition) is 2. The van der Waals surface area contributed by atoms with E-state index in [0.717, 1.165) is 0 Å². The Kier molecular flexibility index (Phi) is 4.22. The Hall–Kier alpha value is -1.30. The van der Waals surface area contributed by atoms with Crippen molar-refractivity contribution in [1.82, 2.24) is 0 Å². The molecular weight excluding hydrogens is 274 g/mol. The number of halogens is 4. The minimum atomic E-state index is -4.19. The molecule has 112 valence electrons. The molecule has 2 rings (SSSR count). The third-order valence-electron chi connectivity index (χ3n) is 3.74. The molecule has 0 unspecified atom stereocenters. The average molecular weight is 291 g/mol. The first kappa shape index (κ1) is 15.1. The largest absolute Gasteiger partial charge is 0.391 e. The predicted octanol–water partition coefficient (Wildman–Crippen LogP) is 3.66. The van der Waals surface area contributed by atoms with Gasteiger partial charge in [0.05, 0.1) is 17.7 Å². The lowest BCUT2D eigenvalue weighted by Crippen LogP contribution is -2.39. The Morgan fingerprint density at radius 1 is 1.25 bits per heavy atom. The van der Waals surface area contributed by atoms with Gasteiger partial charge in [0.15, 0.2) is 0 Å². The Morgan fingerprint density at radius 3 is 2.35 bits per heavy atom. The Balaban J connectivity index is 2.19. The normalized spacial score (nSPS) is 19.2. The lowest BCUT2D eigenvalue weighted by molar-refractivity contribution is -0.179. The smallest absolute Gasteiger partial charge is 0.389 e. The number of aliphatic hydroxyl groups is 1. The van der Waals surface area contributed by atoms with Gasteiger partial charge in [-0.2, -0.15) is 13.2 Å². The molecule has 1 aromatic carbocycles. The van der Waals surface area contributed by atoms with Crippen molar-refractivity contribution in [2.45, 2.75) is 32.0 Å². The number of anilines is 1. The molecule has 0 aromatic heterocycles. The van der Waals surface area contributed by atoms with Gasteiger partial charge in [-0.05, 0) is 25.8 Å². The van der Waals surface area contributed by atoms with E-state index in [1.807, 2.05) is 0 Å². The summed E-state index contributed by atoms with van der Waals surface area (Å²) in [7, 11) is 0. The summed E-state index contributed by atoms with van der Waals surface area (Å²) in [4.78, 5) is 1.60. The summed E-state index contributed by atoms with van der Waals surface area (Å²) in [5.74, 6) is -1.82. The van der Waals surface area contributed by atoms with E-state index >= 15 is 0 Å². The number of piperidine rings is 1. The van der Waals surface area contributed by atoms with Crippen molar-refractivity contribution in [2.75, 3.05) is 18.0 Å². The molecule has 0 saturated carbocycles. The van der Waals surface area contributed by atoms with E-state index in [0.29, 0.717) is 5.56 Å². The Bertz CT molecular complexity index is 465. The fourth-order valence-corrected chi connectivity index (χ4v) is 2.63. The highest BCUT2D eigenvalue weighted by atomic mass is 19.4. The van der Waals surface area contributed by atoms with Crippen LogP contribution >= 0.6 is 0 Å². The van der Waals surface area contributed by atoms with Gasteiger partial charge in [0, 0.05) is 18.7 Å². The number of alkyl halides is 3. The molecule has 20 heavy (non-hydrogen) atoms. The van der Waals surface area contributed by atoms with Crippen LogP contribution in [-0.2, 0) is 0 Å². The van der Waals surface area contributed by atoms with E-state index in [-0.39, 0.29) is 31.6 Å². The van der Waals surface area contributed by atoms with Crippen molar-refractivity contribution < 1.29 is 22.7 Å². The maximum absolute atomic E-state index is 14.0. The molecule has 6 heteroatoms. The van der Waals surface area contributed by atoms with E-state index in [1.54, 1.807) is 11.0 Å². The summed E-state index contributed by atoms with van der Waals surface area (Å²) in [6.07, 6.45) is -5.14. The molecule has 2 nitrogen and oxygen atoms in total. The van der Waals surface area contributed by atoms with Crippen LogP contribution in [0.3, 0.4) is 0 Å². The number of nitrogens with zero attached hydrogens (tertiary/aromatic N) is 1. The summed E-state index contributed by atoms with van der Waals surface area (Å²) >= 11 is 0. The van der Waals surface area contributed by atoms with Gasteiger partial charge in [0.2, 0.25) is 0 Å². The Morgan fingerprint density at radius 2 is 1.85 bits per heavy atom. The number of aliphatic hydroxyl groups excluding tert-OH is 1. The van der Waals surface area contributed by atoms with E-state index in [9.17, 15) is 22.7 Å². The first-order valence-corrected chi connectivity index (χ1v) is 6.59. The molecule has 1 aromatic rings. The molecule has 1 saturated heterocycles. The third kappa shape index (κ3) is 3.06. The van der Waals surface area contributed by atoms with Crippen LogP contribution in [0.4, 0.5) is 23.2 Å². The molecule has 0 radical (unpaired) electrons. The number of benzene rings is 1.